The maximum Gasteiger partial charge on any atom is 0.338 e. The van der Waals surface area contributed by atoms with E-state index < -0.39 is 24.1 Å². The highest BCUT2D eigenvalue weighted by atomic mass is 16.6. The molecule has 0 heterocycles. The van der Waals surface area contributed by atoms with Crippen molar-refractivity contribution < 1.29 is 19.1 Å². The molecule has 0 N–H and O–H groups in total. The van der Waals surface area contributed by atoms with Crippen LogP contribution >= 0.6 is 0 Å². The Morgan fingerprint density at radius 2 is 0.788 bits per heavy atom. The normalized spacial score (nSPS) is 12.4. The van der Waals surface area contributed by atoms with Gasteiger partial charge in [-0.1, -0.05) is 97.1 Å². The fourth-order valence-electron chi connectivity index (χ4n) is 3.58. The Morgan fingerprint density at radius 1 is 0.485 bits per heavy atom. The summed E-state index contributed by atoms with van der Waals surface area (Å²) in [6, 6.07) is 36.8. The molecule has 0 saturated heterocycles. The van der Waals surface area contributed by atoms with E-state index in [0.29, 0.717) is 11.1 Å². The molecule has 0 aromatic heterocycles. The highest BCUT2D eigenvalue weighted by Gasteiger charge is 2.26. The molecule has 0 fully saturated rings. The molecule has 0 saturated carbocycles. The number of ether oxygens (including phenoxy) is 2. The first kappa shape index (κ1) is 22.0. The van der Waals surface area contributed by atoms with Crippen molar-refractivity contribution in [2.24, 2.45) is 0 Å². The van der Waals surface area contributed by atoms with Gasteiger partial charge in [0.2, 0.25) is 0 Å². The van der Waals surface area contributed by atoms with E-state index in [0.717, 1.165) is 11.1 Å². The van der Waals surface area contributed by atoms with Gasteiger partial charge in [-0.15, -0.1) is 0 Å². The molecule has 0 aliphatic carbocycles. The van der Waals surface area contributed by atoms with Crippen molar-refractivity contribution in [3.8, 4) is 0 Å². The van der Waals surface area contributed by atoms with E-state index in [9.17, 15) is 9.59 Å². The zero-order chi connectivity index (χ0) is 22.9. The van der Waals surface area contributed by atoms with E-state index in [1.807, 2.05) is 72.8 Å². The Bertz CT molecular complexity index is 1060. The zero-order valence-corrected chi connectivity index (χ0v) is 18.0. The van der Waals surface area contributed by atoms with Crippen molar-refractivity contribution in [1.29, 1.82) is 0 Å². The summed E-state index contributed by atoms with van der Waals surface area (Å²) in [5, 5.41) is 0. The third-order valence-electron chi connectivity index (χ3n) is 5.29. The van der Waals surface area contributed by atoms with Crippen LogP contribution in [0.4, 0.5) is 0 Å². The van der Waals surface area contributed by atoms with Gasteiger partial charge < -0.3 is 9.47 Å². The third kappa shape index (κ3) is 5.95. The fraction of sp³-hybridized carbons (Fsp3) is 0.103. The number of hydrogen-bond acceptors (Lipinski definition) is 4. The molecule has 4 heteroatoms. The van der Waals surface area contributed by atoms with Gasteiger partial charge >= 0.3 is 11.9 Å². The maximum atomic E-state index is 12.9. The molecular formula is C29H24O4. The fourth-order valence-corrected chi connectivity index (χ4v) is 3.58. The van der Waals surface area contributed by atoms with Gasteiger partial charge in [-0.2, -0.15) is 0 Å². The summed E-state index contributed by atoms with van der Waals surface area (Å²) in [6.45, 7) is 0. The van der Waals surface area contributed by atoms with Crippen molar-refractivity contribution in [3.05, 3.63) is 144 Å². The minimum atomic E-state index is -0.604. The number of hydrogen-bond donors (Lipinski definition) is 0. The quantitative estimate of drug-likeness (QED) is 0.293. The first-order valence-corrected chi connectivity index (χ1v) is 10.8. The van der Waals surface area contributed by atoms with Crippen LogP contribution in [-0.2, 0) is 9.47 Å². The Balaban J connectivity index is 1.62. The first-order chi connectivity index (χ1) is 16.2. The molecule has 4 aromatic carbocycles. The summed E-state index contributed by atoms with van der Waals surface area (Å²) in [6.07, 6.45) is -0.925. The average molecular weight is 437 g/mol. The van der Waals surface area contributed by atoms with E-state index in [4.69, 9.17) is 9.47 Å². The average Bonchev–Trinajstić information content (AvgIpc) is 2.89. The predicted molar refractivity (Wildman–Crippen MR) is 127 cm³/mol. The minimum absolute atomic E-state index is 0.283. The van der Waals surface area contributed by atoms with Gasteiger partial charge in [0, 0.05) is 6.42 Å². The molecule has 0 aliphatic heterocycles. The van der Waals surface area contributed by atoms with Crippen LogP contribution in [0.2, 0.25) is 0 Å². The molecule has 2 atom stereocenters. The second kappa shape index (κ2) is 10.9. The second-order valence-electron chi connectivity index (χ2n) is 7.58. The molecule has 4 aromatic rings. The minimum Gasteiger partial charge on any atom is -0.454 e. The lowest BCUT2D eigenvalue weighted by atomic mass is 9.98. The van der Waals surface area contributed by atoms with Crippen molar-refractivity contribution >= 4 is 11.9 Å². The lowest BCUT2D eigenvalue weighted by molar-refractivity contribution is -0.00180. The van der Waals surface area contributed by atoms with Crippen LogP contribution in [0.3, 0.4) is 0 Å². The lowest BCUT2D eigenvalue weighted by Crippen LogP contribution is -2.18. The zero-order valence-electron chi connectivity index (χ0n) is 18.0. The van der Waals surface area contributed by atoms with Gasteiger partial charge in [0.25, 0.3) is 0 Å². The van der Waals surface area contributed by atoms with Gasteiger partial charge in [0.1, 0.15) is 12.2 Å². The van der Waals surface area contributed by atoms with Gasteiger partial charge in [-0.3, -0.25) is 0 Å². The van der Waals surface area contributed by atoms with E-state index in [1.54, 1.807) is 48.5 Å². The van der Waals surface area contributed by atoms with Crippen LogP contribution in [-0.4, -0.2) is 11.9 Å². The van der Waals surface area contributed by atoms with Gasteiger partial charge in [0.05, 0.1) is 11.1 Å². The molecule has 0 amide bonds. The molecule has 0 aliphatic rings. The second-order valence-corrected chi connectivity index (χ2v) is 7.58. The predicted octanol–water partition coefficient (Wildman–Crippen LogP) is 6.57. The van der Waals surface area contributed by atoms with Gasteiger partial charge in [-0.25, -0.2) is 9.59 Å². The Kier molecular flexibility index (Phi) is 7.29. The summed E-state index contributed by atoms with van der Waals surface area (Å²) < 4.78 is 11.9. The van der Waals surface area contributed by atoms with Crippen LogP contribution < -0.4 is 0 Å². The van der Waals surface area contributed by atoms with Crippen LogP contribution in [0, 0.1) is 0 Å². The molecule has 164 valence electrons. The first-order valence-electron chi connectivity index (χ1n) is 10.8. The van der Waals surface area contributed by atoms with Crippen molar-refractivity contribution in [2.45, 2.75) is 18.6 Å². The molecule has 0 radical (unpaired) electrons. The number of esters is 2. The van der Waals surface area contributed by atoms with Crippen molar-refractivity contribution in [1.82, 2.24) is 0 Å². The summed E-state index contributed by atoms with van der Waals surface area (Å²) >= 11 is 0. The smallest absolute Gasteiger partial charge is 0.338 e. The Labute approximate surface area is 193 Å². The van der Waals surface area contributed by atoms with Gasteiger partial charge in [-0.05, 0) is 35.4 Å². The Morgan fingerprint density at radius 3 is 1.12 bits per heavy atom. The van der Waals surface area contributed by atoms with E-state index in [2.05, 4.69) is 0 Å². The number of carbonyl (C=O) groups is 2. The third-order valence-corrected chi connectivity index (χ3v) is 5.29. The van der Waals surface area contributed by atoms with Crippen molar-refractivity contribution in [2.75, 3.05) is 0 Å². The molecular weight excluding hydrogens is 412 g/mol. The molecule has 0 spiro atoms. The monoisotopic (exact) mass is 436 g/mol. The van der Waals surface area contributed by atoms with Crippen LogP contribution in [0.5, 0.6) is 0 Å². The highest BCUT2D eigenvalue weighted by molar-refractivity contribution is 5.90. The summed E-state index contributed by atoms with van der Waals surface area (Å²) in [5.74, 6) is -0.851. The molecule has 0 bridgehead atoms. The van der Waals surface area contributed by atoms with E-state index in [-0.39, 0.29) is 6.42 Å². The van der Waals surface area contributed by atoms with Crippen LogP contribution in [0.25, 0.3) is 0 Å². The standard InChI is InChI=1S/C29H24O4/c30-28(24-17-9-3-10-18-24)32-26(22-13-5-1-6-14-22)21-27(23-15-7-2-8-16-23)33-29(31)25-19-11-4-12-20-25/h1-20,26-27H,21H2. The SMILES string of the molecule is O=C(OC(CC(OC(=O)c1ccccc1)c1ccccc1)c1ccccc1)c1ccccc1. The number of benzene rings is 4. The molecule has 4 nitrogen and oxygen atoms in total. The van der Waals surface area contributed by atoms with Gasteiger partial charge in [0.15, 0.2) is 0 Å². The maximum absolute atomic E-state index is 12.9. The largest absolute Gasteiger partial charge is 0.454 e. The van der Waals surface area contributed by atoms with E-state index in [1.165, 1.54) is 0 Å². The van der Waals surface area contributed by atoms with Crippen LogP contribution in [0.15, 0.2) is 121 Å². The highest BCUT2D eigenvalue weighted by Crippen LogP contribution is 2.33. The molecule has 2 unspecified atom stereocenters. The summed E-state index contributed by atoms with van der Waals surface area (Å²) in [4.78, 5) is 25.7. The molecule has 33 heavy (non-hydrogen) atoms. The number of rotatable bonds is 8. The van der Waals surface area contributed by atoms with E-state index >= 15 is 0 Å². The Hall–Kier alpha value is -4.18. The van der Waals surface area contributed by atoms with Crippen LogP contribution in [0.1, 0.15) is 50.5 Å². The lowest BCUT2D eigenvalue weighted by Gasteiger charge is -2.25. The van der Waals surface area contributed by atoms with Crippen molar-refractivity contribution in [3.63, 3.8) is 0 Å². The number of carbonyl (C=O) groups excluding carboxylic acids is 2. The topological polar surface area (TPSA) is 52.6 Å². The summed E-state index contributed by atoms with van der Waals surface area (Å²) in [5.41, 5.74) is 2.60. The molecule has 4 rings (SSSR count). The summed E-state index contributed by atoms with van der Waals surface area (Å²) in [7, 11) is 0.